The minimum atomic E-state index is -3.00. The molecule has 0 bridgehead atoms. The van der Waals surface area contributed by atoms with Crippen molar-refractivity contribution < 1.29 is 13.2 Å². The van der Waals surface area contributed by atoms with Crippen molar-refractivity contribution in [1.29, 1.82) is 0 Å². The average molecular weight is 223 g/mol. The Hall–Kier alpha value is -0.130. The van der Waals surface area contributed by atoms with Crippen molar-refractivity contribution in [2.45, 2.75) is 32.2 Å². The third-order valence-electron chi connectivity index (χ3n) is 1.65. The lowest BCUT2D eigenvalue weighted by atomic mass is 10.1. The van der Waals surface area contributed by atoms with Crippen LogP contribution in [0.4, 0.5) is 0 Å². The SMILES string of the molecule is COCCCCS(=O)(=O)CC(C)(C)N. The monoisotopic (exact) mass is 223 g/mol. The molecule has 0 aliphatic rings. The maximum Gasteiger partial charge on any atom is 0.152 e. The lowest BCUT2D eigenvalue weighted by Gasteiger charge is -2.17. The molecule has 0 aromatic rings. The first-order chi connectivity index (χ1) is 6.27. The molecule has 2 N–H and O–H groups in total. The molecule has 0 rings (SSSR count). The number of sulfone groups is 1. The summed E-state index contributed by atoms with van der Waals surface area (Å²) < 4.78 is 27.8. The predicted octanol–water partition coefficient (Wildman–Crippen LogP) is 0.565. The summed E-state index contributed by atoms with van der Waals surface area (Å²) in [5.74, 6) is 0.254. The zero-order valence-corrected chi connectivity index (χ0v) is 10.1. The molecule has 0 radical (unpaired) electrons. The predicted molar refractivity (Wildman–Crippen MR) is 58.0 cm³/mol. The summed E-state index contributed by atoms with van der Waals surface area (Å²) in [5, 5.41) is 0. The van der Waals surface area contributed by atoms with Crippen molar-refractivity contribution in [2.24, 2.45) is 5.73 Å². The molecular formula is C9H21NO3S. The molecule has 0 unspecified atom stereocenters. The fourth-order valence-corrected chi connectivity index (χ4v) is 3.13. The van der Waals surface area contributed by atoms with Gasteiger partial charge in [-0.3, -0.25) is 0 Å². The van der Waals surface area contributed by atoms with Crippen LogP contribution in [0.2, 0.25) is 0 Å². The highest BCUT2D eigenvalue weighted by atomic mass is 32.2. The average Bonchev–Trinajstić information content (AvgIpc) is 1.93. The van der Waals surface area contributed by atoms with Crippen LogP contribution in [0.15, 0.2) is 0 Å². The number of rotatable bonds is 7. The highest BCUT2D eigenvalue weighted by Gasteiger charge is 2.21. The van der Waals surface area contributed by atoms with Crippen molar-refractivity contribution in [3.05, 3.63) is 0 Å². The van der Waals surface area contributed by atoms with Crippen molar-refractivity contribution in [1.82, 2.24) is 0 Å². The molecule has 4 nitrogen and oxygen atoms in total. The summed E-state index contributed by atoms with van der Waals surface area (Å²) in [5.41, 5.74) is 5.01. The summed E-state index contributed by atoms with van der Waals surface area (Å²) in [7, 11) is -1.39. The van der Waals surface area contributed by atoms with E-state index in [1.165, 1.54) is 0 Å². The van der Waals surface area contributed by atoms with Gasteiger partial charge >= 0.3 is 0 Å². The molecule has 0 aromatic carbocycles. The lowest BCUT2D eigenvalue weighted by Crippen LogP contribution is -2.40. The first-order valence-corrected chi connectivity index (χ1v) is 6.57. The van der Waals surface area contributed by atoms with Gasteiger partial charge in [0.25, 0.3) is 0 Å². The Morgan fingerprint density at radius 2 is 1.86 bits per heavy atom. The van der Waals surface area contributed by atoms with Gasteiger partial charge in [0.2, 0.25) is 0 Å². The second-order valence-electron chi connectivity index (χ2n) is 4.28. The van der Waals surface area contributed by atoms with Crippen LogP contribution in [0.5, 0.6) is 0 Å². The van der Waals surface area contributed by atoms with Crippen LogP contribution in [0.25, 0.3) is 0 Å². The standard InChI is InChI=1S/C9H21NO3S/c1-9(2,10)8-14(11,12)7-5-4-6-13-3/h4-8,10H2,1-3H3. The Morgan fingerprint density at radius 3 is 2.29 bits per heavy atom. The third-order valence-corrected chi connectivity index (χ3v) is 3.74. The van der Waals surface area contributed by atoms with E-state index < -0.39 is 15.4 Å². The van der Waals surface area contributed by atoms with E-state index >= 15 is 0 Å². The second-order valence-corrected chi connectivity index (χ2v) is 6.46. The van der Waals surface area contributed by atoms with Crippen LogP contribution in [0, 0.1) is 0 Å². The van der Waals surface area contributed by atoms with Gasteiger partial charge in [-0.15, -0.1) is 0 Å². The van der Waals surface area contributed by atoms with Crippen LogP contribution in [0.3, 0.4) is 0 Å². The van der Waals surface area contributed by atoms with E-state index in [0.29, 0.717) is 13.0 Å². The van der Waals surface area contributed by atoms with E-state index in [1.54, 1.807) is 21.0 Å². The number of unbranched alkanes of at least 4 members (excludes halogenated alkanes) is 1. The van der Waals surface area contributed by atoms with Gasteiger partial charge in [0.1, 0.15) is 0 Å². The van der Waals surface area contributed by atoms with E-state index in [2.05, 4.69) is 0 Å². The van der Waals surface area contributed by atoms with Crippen molar-refractivity contribution >= 4 is 9.84 Å². The molecule has 0 heterocycles. The van der Waals surface area contributed by atoms with Gasteiger partial charge in [-0.25, -0.2) is 8.42 Å². The van der Waals surface area contributed by atoms with Gasteiger partial charge in [0.05, 0.1) is 11.5 Å². The fraction of sp³-hybridized carbons (Fsp3) is 1.00. The van der Waals surface area contributed by atoms with E-state index in [0.717, 1.165) is 6.42 Å². The molecule has 0 aromatic heterocycles. The molecule has 0 saturated heterocycles. The van der Waals surface area contributed by atoms with Gasteiger partial charge in [0.15, 0.2) is 9.84 Å². The molecule has 0 spiro atoms. The number of hydrogen-bond acceptors (Lipinski definition) is 4. The third kappa shape index (κ3) is 8.47. The minimum absolute atomic E-state index is 0.0486. The molecule has 0 aliphatic heterocycles. The molecule has 0 saturated carbocycles. The van der Waals surface area contributed by atoms with E-state index in [4.69, 9.17) is 10.5 Å². The summed E-state index contributed by atoms with van der Waals surface area (Å²) in [6, 6.07) is 0. The molecule has 14 heavy (non-hydrogen) atoms. The first-order valence-electron chi connectivity index (χ1n) is 4.75. The Balaban J connectivity index is 3.86. The molecule has 0 amide bonds. The van der Waals surface area contributed by atoms with E-state index in [9.17, 15) is 8.42 Å². The summed E-state index contributed by atoms with van der Waals surface area (Å²) in [4.78, 5) is 0. The maximum atomic E-state index is 11.5. The van der Waals surface area contributed by atoms with Crippen molar-refractivity contribution in [2.75, 3.05) is 25.2 Å². The number of methoxy groups -OCH3 is 1. The van der Waals surface area contributed by atoms with Gasteiger partial charge in [-0.2, -0.15) is 0 Å². The van der Waals surface area contributed by atoms with Gasteiger partial charge in [0, 0.05) is 19.3 Å². The number of hydrogen-bond donors (Lipinski definition) is 1. The molecule has 86 valence electrons. The van der Waals surface area contributed by atoms with Gasteiger partial charge in [-0.1, -0.05) is 0 Å². The zero-order chi connectivity index (χ0) is 11.2. The van der Waals surface area contributed by atoms with Gasteiger partial charge in [-0.05, 0) is 26.7 Å². The maximum absolute atomic E-state index is 11.5. The topological polar surface area (TPSA) is 69.4 Å². The van der Waals surface area contributed by atoms with Crippen molar-refractivity contribution in [3.8, 4) is 0 Å². The summed E-state index contributed by atoms with van der Waals surface area (Å²) in [6.45, 7) is 4.06. The normalized spacial score (nSPS) is 13.1. The molecule has 0 aliphatic carbocycles. The summed E-state index contributed by atoms with van der Waals surface area (Å²) >= 11 is 0. The summed E-state index contributed by atoms with van der Waals surface area (Å²) in [6.07, 6.45) is 1.42. The van der Waals surface area contributed by atoms with Crippen LogP contribution < -0.4 is 5.73 Å². The van der Waals surface area contributed by atoms with E-state index in [-0.39, 0.29) is 11.5 Å². The largest absolute Gasteiger partial charge is 0.385 e. The Bertz CT molecular complexity index is 241. The van der Waals surface area contributed by atoms with Gasteiger partial charge < -0.3 is 10.5 Å². The first kappa shape index (κ1) is 13.9. The van der Waals surface area contributed by atoms with Crippen LogP contribution in [0.1, 0.15) is 26.7 Å². The molecule has 0 atom stereocenters. The number of ether oxygens (including phenoxy) is 1. The highest BCUT2D eigenvalue weighted by molar-refractivity contribution is 7.91. The highest BCUT2D eigenvalue weighted by Crippen LogP contribution is 2.06. The Labute approximate surface area is 86.7 Å². The quantitative estimate of drug-likeness (QED) is 0.640. The van der Waals surface area contributed by atoms with Crippen LogP contribution in [-0.2, 0) is 14.6 Å². The Morgan fingerprint density at radius 1 is 1.29 bits per heavy atom. The Kier molecular flexibility index (Phi) is 5.63. The minimum Gasteiger partial charge on any atom is -0.385 e. The second kappa shape index (κ2) is 5.68. The molecule has 5 heteroatoms. The van der Waals surface area contributed by atoms with Crippen LogP contribution in [-0.4, -0.2) is 39.2 Å². The lowest BCUT2D eigenvalue weighted by molar-refractivity contribution is 0.194. The smallest absolute Gasteiger partial charge is 0.152 e. The number of nitrogens with two attached hydrogens (primary N) is 1. The van der Waals surface area contributed by atoms with Crippen molar-refractivity contribution in [3.63, 3.8) is 0 Å². The van der Waals surface area contributed by atoms with E-state index in [1.807, 2.05) is 0 Å². The molecule has 0 fully saturated rings. The van der Waals surface area contributed by atoms with Crippen LogP contribution >= 0.6 is 0 Å². The molecular weight excluding hydrogens is 202 g/mol. The fourth-order valence-electron chi connectivity index (χ4n) is 1.21. The zero-order valence-electron chi connectivity index (χ0n) is 9.25.